The fourth-order valence-corrected chi connectivity index (χ4v) is 0.799. The molecule has 0 saturated heterocycles. The molecule has 0 fully saturated rings. The molecule has 0 unspecified atom stereocenters. The summed E-state index contributed by atoms with van der Waals surface area (Å²) in [6.45, 7) is 6.25. The van der Waals surface area contributed by atoms with E-state index in [9.17, 15) is 4.79 Å². The minimum atomic E-state index is -1.03. The Morgan fingerprint density at radius 2 is 2.07 bits per heavy atom. The first-order valence-corrected chi connectivity index (χ1v) is 4.75. The lowest BCUT2D eigenvalue weighted by Crippen LogP contribution is -2.09. The quantitative estimate of drug-likeness (QED) is 0.352. The molecule has 0 aliphatic carbocycles. The molecule has 0 heterocycles. The van der Waals surface area contributed by atoms with Crippen molar-refractivity contribution in [2.75, 3.05) is 20.0 Å². The van der Waals surface area contributed by atoms with Crippen molar-refractivity contribution in [1.29, 1.82) is 0 Å². The van der Waals surface area contributed by atoms with E-state index < -0.39 is 5.97 Å². The van der Waals surface area contributed by atoms with Crippen LogP contribution in [-0.2, 0) is 14.3 Å². The van der Waals surface area contributed by atoms with Gasteiger partial charge in [0.05, 0.1) is 12.2 Å². The van der Waals surface area contributed by atoms with Gasteiger partial charge >= 0.3 is 5.97 Å². The van der Waals surface area contributed by atoms with E-state index >= 15 is 0 Å². The molecule has 0 aromatic heterocycles. The molecular formula is C10H18O4. The maximum atomic E-state index is 10.3. The second kappa shape index (κ2) is 8.72. The van der Waals surface area contributed by atoms with Gasteiger partial charge in [0.2, 0.25) is 0 Å². The van der Waals surface area contributed by atoms with Crippen molar-refractivity contribution in [2.24, 2.45) is 0 Å². The molecule has 4 nitrogen and oxygen atoms in total. The summed E-state index contributed by atoms with van der Waals surface area (Å²) in [4.78, 5) is 10.3. The number of hydrogen-bond acceptors (Lipinski definition) is 3. The van der Waals surface area contributed by atoms with Crippen LogP contribution in [0.15, 0.2) is 12.2 Å². The number of hydrogen-bond donors (Lipinski definition) is 1. The van der Waals surface area contributed by atoms with Crippen molar-refractivity contribution in [1.82, 2.24) is 0 Å². The highest BCUT2D eigenvalue weighted by atomic mass is 16.7. The maximum Gasteiger partial charge on any atom is 0.333 e. The van der Waals surface area contributed by atoms with Crippen molar-refractivity contribution in [3.8, 4) is 0 Å². The topological polar surface area (TPSA) is 55.8 Å². The number of unbranched alkanes of at least 4 members (excludes halogenated alkanes) is 2. The maximum absolute atomic E-state index is 10.3. The number of ether oxygens (including phenoxy) is 2. The van der Waals surface area contributed by atoms with Crippen molar-refractivity contribution in [2.45, 2.75) is 26.2 Å². The van der Waals surface area contributed by atoms with Gasteiger partial charge in [-0.15, -0.1) is 0 Å². The first-order valence-electron chi connectivity index (χ1n) is 4.75. The first-order chi connectivity index (χ1) is 6.68. The summed E-state index contributed by atoms with van der Waals surface area (Å²) >= 11 is 0. The lowest BCUT2D eigenvalue weighted by molar-refractivity contribution is -0.134. The molecule has 14 heavy (non-hydrogen) atoms. The summed E-state index contributed by atoms with van der Waals surface area (Å²) in [6.07, 6.45) is 3.31. The molecule has 0 spiro atoms. The molecule has 0 rings (SSSR count). The molecule has 0 atom stereocenters. The van der Waals surface area contributed by atoms with Gasteiger partial charge in [-0.3, -0.25) is 0 Å². The monoisotopic (exact) mass is 202 g/mol. The summed E-state index contributed by atoms with van der Waals surface area (Å²) in [7, 11) is 0. The van der Waals surface area contributed by atoms with Crippen molar-refractivity contribution >= 4 is 5.97 Å². The smallest absolute Gasteiger partial charge is 0.333 e. The highest BCUT2D eigenvalue weighted by molar-refractivity contribution is 5.85. The highest BCUT2D eigenvalue weighted by Crippen LogP contribution is 1.95. The first kappa shape index (κ1) is 13.1. The molecule has 0 aromatic carbocycles. The molecule has 0 radical (unpaired) electrons. The lowest BCUT2D eigenvalue weighted by Gasteiger charge is -2.04. The molecular weight excluding hydrogens is 184 g/mol. The van der Waals surface area contributed by atoms with Crippen LogP contribution in [0.4, 0.5) is 0 Å². The largest absolute Gasteiger partial charge is 0.478 e. The predicted octanol–water partition coefficient (Wildman–Crippen LogP) is 1.81. The van der Waals surface area contributed by atoms with E-state index in [1.165, 1.54) is 0 Å². The van der Waals surface area contributed by atoms with Gasteiger partial charge in [0, 0.05) is 6.61 Å². The van der Waals surface area contributed by atoms with Gasteiger partial charge in [-0.2, -0.15) is 0 Å². The van der Waals surface area contributed by atoms with Crippen LogP contribution in [0.3, 0.4) is 0 Å². The number of aliphatic carboxylic acids is 1. The van der Waals surface area contributed by atoms with E-state index in [0.717, 1.165) is 19.3 Å². The zero-order valence-corrected chi connectivity index (χ0v) is 8.62. The predicted molar refractivity (Wildman–Crippen MR) is 53.1 cm³/mol. The molecule has 1 N–H and O–H groups in total. The second-order valence-corrected chi connectivity index (χ2v) is 2.99. The number of carboxylic acid groups (broad SMARTS) is 1. The van der Waals surface area contributed by atoms with Gasteiger partial charge in [-0.05, 0) is 6.42 Å². The lowest BCUT2D eigenvalue weighted by atomic mass is 10.3. The zero-order chi connectivity index (χ0) is 10.8. The van der Waals surface area contributed by atoms with Crippen LogP contribution in [0.2, 0.25) is 0 Å². The molecule has 0 bridgehead atoms. The van der Waals surface area contributed by atoms with E-state index in [4.69, 9.17) is 14.6 Å². The van der Waals surface area contributed by atoms with Gasteiger partial charge in [0.15, 0.2) is 0 Å². The van der Waals surface area contributed by atoms with Gasteiger partial charge in [-0.25, -0.2) is 4.79 Å². The Labute approximate surface area is 84.5 Å². The second-order valence-electron chi connectivity index (χ2n) is 2.99. The van der Waals surface area contributed by atoms with E-state index in [0.29, 0.717) is 6.61 Å². The summed E-state index contributed by atoms with van der Waals surface area (Å²) in [6, 6.07) is 0. The molecule has 0 aliphatic heterocycles. The Bertz CT molecular complexity index is 177. The Balaban J connectivity index is 3.13. The van der Waals surface area contributed by atoms with Crippen LogP contribution in [0.1, 0.15) is 26.2 Å². The Kier molecular flexibility index (Phi) is 8.17. The Morgan fingerprint density at radius 1 is 1.36 bits per heavy atom. The van der Waals surface area contributed by atoms with Crippen LogP contribution in [0.5, 0.6) is 0 Å². The van der Waals surface area contributed by atoms with Crippen molar-refractivity contribution in [3.05, 3.63) is 12.2 Å². The van der Waals surface area contributed by atoms with Gasteiger partial charge in [0.1, 0.15) is 6.79 Å². The van der Waals surface area contributed by atoms with Crippen LogP contribution < -0.4 is 0 Å². The fourth-order valence-electron chi connectivity index (χ4n) is 0.799. The SMILES string of the molecule is C=C(COCOCCCCC)C(=O)O. The number of rotatable bonds is 9. The summed E-state index contributed by atoms with van der Waals surface area (Å²) in [5.41, 5.74) is 0.0437. The van der Waals surface area contributed by atoms with Crippen molar-refractivity contribution in [3.63, 3.8) is 0 Å². The Hall–Kier alpha value is -0.870. The summed E-state index contributed by atoms with van der Waals surface area (Å²) in [5.74, 6) is -1.03. The van der Waals surface area contributed by atoms with Crippen LogP contribution in [0, 0.1) is 0 Å². The Morgan fingerprint density at radius 3 is 2.64 bits per heavy atom. The number of carbonyl (C=O) groups is 1. The van der Waals surface area contributed by atoms with E-state index in [1.54, 1.807) is 0 Å². The van der Waals surface area contributed by atoms with Crippen LogP contribution in [0.25, 0.3) is 0 Å². The summed E-state index contributed by atoms with van der Waals surface area (Å²) in [5, 5.41) is 8.43. The van der Waals surface area contributed by atoms with Gasteiger partial charge in [-0.1, -0.05) is 26.3 Å². The average molecular weight is 202 g/mol. The van der Waals surface area contributed by atoms with Crippen LogP contribution in [-0.4, -0.2) is 31.1 Å². The molecule has 0 aliphatic rings. The third-order valence-corrected chi connectivity index (χ3v) is 1.64. The molecule has 0 saturated carbocycles. The third-order valence-electron chi connectivity index (χ3n) is 1.64. The van der Waals surface area contributed by atoms with Crippen LogP contribution >= 0.6 is 0 Å². The van der Waals surface area contributed by atoms with E-state index in [2.05, 4.69) is 13.5 Å². The van der Waals surface area contributed by atoms with Crippen molar-refractivity contribution < 1.29 is 19.4 Å². The molecule has 0 aromatic rings. The van der Waals surface area contributed by atoms with Gasteiger partial charge in [0.25, 0.3) is 0 Å². The third kappa shape index (κ3) is 7.76. The fraction of sp³-hybridized carbons (Fsp3) is 0.700. The summed E-state index contributed by atoms with van der Waals surface area (Å²) < 4.78 is 10.0. The average Bonchev–Trinajstić information content (AvgIpc) is 2.16. The highest BCUT2D eigenvalue weighted by Gasteiger charge is 2.02. The van der Waals surface area contributed by atoms with E-state index in [-0.39, 0.29) is 19.0 Å². The minimum absolute atomic E-state index is 0.0170. The number of carboxylic acids is 1. The zero-order valence-electron chi connectivity index (χ0n) is 8.62. The normalized spacial score (nSPS) is 10.1. The van der Waals surface area contributed by atoms with Gasteiger partial charge < -0.3 is 14.6 Å². The van der Waals surface area contributed by atoms with E-state index in [1.807, 2.05) is 0 Å². The molecule has 4 heteroatoms. The standard InChI is InChI=1S/C10H18O4/c1-3-4-5-6-13-8-14-7-9(2)10(11)12/h2-8H2,1H3,(H,11,12). The minimum Gasteiger partial charge on any atom is -0.478 e. The molecule has 82 valence electrons. The molecule has 0 amide bonds.